The van der Waals surface area contributed by atoms with Crippen molar-refractivity contribution in [2.24, 2.45) is 5.92 Å². The number of likely N-dealkylation sites (N-methyl/N-ethyl adjacent to an activating group) is 1. The van der Waals surface area contributed by atoms with E-state index < -0.39 is 0 Å². The van der Waals surface area contributed by atoms with Crippen LogP contribution >= 0.6 is 11.8 Å². The molecule has 2 nitrogen and oxygen atoms in total. The van der Waals surface area contributed by atoms with Gasteiger partial charge in [0.05, 0.1) is 6.04 Å². The van der Waals surface area contributed by atoms with Crippen molar-refractivity contribution in [3.8, 4) is 0 Å². The topological polar surface area (TPSA) is 29.1 Å². The number of ketones is 1. The van der Waals surface area contributed by atoms with E-state index in [9.17, 15) is 4.79 Å². The fraction of sp³-hybridized carbons (Fsp3) is 0.533. The summed E-state index contributed by atoms with van der Waals surface area (Å²) < 4.78 is 0. The van der Waals surface area contributed by atoms with Gasteiger partial charge in [0.25, 0.3) is 0 Å². The summed E-state index contributed by atoms with van der Waals surface area (Å²) >= 11 is 1.88. The van der Waals surface area contributed by atoms with E-state index in [4.69, 9.17) is 0 Å². The number of rotatable bonds is 5. The van der Waals surface area contributed by atoms with Gasteiger partial charge in [0.15, 0.2) is 5.78 Å². The summed E-state index contributed by atoms with van der Waals surface area (Å²) in [6.07, 6.45) is 3.54. The van der Waals surface area contributed by atoms with Crippen molar-refractivity contribution in [2.45, 2.75) is 37.1 Å². The molecule has 3 rings (SSSR count). The van der Waals surface area contributed by atoms with Gasteiger partial charge in [0.1, 0.15) is 0 Å². The van der Waals surface area contributed by atoms with E-state index in [1.54, 1.807) is 0 Å². The van der Waals surface area contributed by atoms with E-state index in [1.807, 2.05) is 17.8 Å². The second-order valence-electron chi connectivity index (χ2n) is 5.16. The normalized spacial score (nSPS) is 19.6. The van der Waals surface area contributed by atoms with Gasteiger partial charge in [0.2, 0.25) is 0 Å². The summed E-state index contributed by atoms with van der Waals surface area (Å²) in [6.45, 7) is 2.94. The zero-order valence-corrected chi connectivity index (χ0v) is 11.6. The molecule has 1 heterocycles. The van der Waals surface area contributed by atoms with E-state index in [-0.39, 0.29) is 11.8 Å². The molecule has 1 unspecified atom stereocenters. The summed E-state index contributed by atoms with van der Waals surface area (Å²) in [5.74, 6) is 2.01. The van der Waals surface area contributed by atoms with E-state index in [2.05, 4.69) is 24.4 Å². The van der Waals surface area contributed by atoms with Gasteiger partial charge in [-0.15, -0.1) is 11.8 Å². The molecule has 0 spiro atoms. The SMILES string of the molecule is CCNC(C(=O)c1ccc2c(c1)SCC2)C1CC1. The Hall–Kier alpha value is -0.800. The number of carbonyl (C=O) groups excluding carboxylic acids is 1. The number of thioether (sulfide) groups is 1. The summed E-state index contributed by atoms with van der Waals surface area (Å²) in [7, 11) is 0. The lowest BCUT2D eigenvalue weighted by atomic mass is 9.99. The second kappa shape index (κ2) is 5.06. The summed E-state index contributed by atoms with van der Waals surface area (Å²) in [4.78, 5) is 13.9. The smallest absolute Gasteiger partial charge is 0.180 e. The van der Waals surface area contributed by atoms with Crippen molar-refractivity contribution in [3.05, 3.63) is 29.3 Å². The van der Waals surface area contributed by atoms with Crippen molar-refractivity contribution < 1.29 is 4.79 Å². The van der Waals surface area contributed by atoms with Crippen LogP contribution in [0.4, 0.5) is 0 Å². The molecule has 0 saturated heterocycles. The number of hydrogen-bond acceptors (Lipinski definition) is 3. The number of benzene rings is 1. The summed E-state index contributed by atoms with van der Waals surface area (Å²) in [6, 6.07) is 6.29. The Bertz CT molecular complexity index is 468. The number of fused-ring (bicyclic) bond motifs is 1. The van der Waals surface area contributed by atoms with E-state index in [0.717, 1.165) is 24.3 Å². The molecule has 3 heteroatoms. The highest BCUT2D eigenvalue weighted by molar-refractivity contribution is 7.99. The van der Waals surface area contributed by atoms with Gasteiger partial charge in [-0.2, -0.15) is 0 Å². The van der Waals surface area contributed by atoms with Crippen LogP contribution in [0.25, 0.3) is 0 Å². The Morgan fingerprint density at radius 1 is 1.50 bits per heavy atom. The Kier molecular flexibility index (Phi) is 3.44. The molecule has 1 fully saturated rings. The first kappa shape index (κ1) is 12.2. The second-order valence-corrected chi connectivity index (χ2v) is 6.29. The summed E-state index contributed by atoms with van der Waals surface area (Å²) in [5, 5.41) is 3.35. The molecular weight excluding hydrogens is 242 g/mol. The van der Waals surface area contributed by atoms with Crippen molar-refractivity contribution in [1.29, 1.82) is 0 Å². The van der Waals surface area contributed by atoms with E-state index in [1.165, 1.54) is 23.3 Å². The molecule has 1 atom stereocenters. The van der Waals surface area contributed by atoms with Gasteiger partial charge < -0.3 is 5.32 Å². The van der Waals surface area contributed by atoms with E-state index in [0.29, 0.717) is 5.92 Å². The third-order valence-corrected chi connectivity index (χ3v) is 4.88. The number of Topliss-reactive ketones (excluding diaryl/α,β-unsaturated/α-hetero) is 1. The minimum atomic E-state index is 0.0412. The van der Waals surface area contributed by atoms with Gasteiger partial charge in [0, 0.05) is 16.2 Å². The predicted molar refractivity (Wildman–Crippen MR) is 75.4 cm³/mol. The van der Waals surface area contributed by atoms with Crippen LogP contribution in [0.15, 0.2) is 23.1 Å². The standard InChI is InChI=1S/C15H19NOS/c1-2-16-14(11-4-5-11)15(17)12-6-3-10-7-8-18-13(10)9-12/h3,6,9,11,14,16H,2,4-5,7-8H2,1H3. The molecule has 1 saturated carbocycles. The van der Waals surface area contributed by atoms with Gasteiger partial charge in [-0.3, -0.25) is 4.79 Å². The minimum absolute atomic E-state index is 0.0412. The van der Waals surface area contributed by atoms with Crippen molar-refractivity contribution in [3.63, 3.8) is 0 Å². The number of nitrogens with one attached hydrogen (secondary N) is 1. The zero-order valence-electron chi connectivity index (χ0n) is 10.7. The highest BCUT2D eigenvalue weighted by atomic mass is 32.2. The molecule has 1 aromatic carbocycles. The minimum Gasteiger partial charge on any atom is -0.307 e. The first-order valence-corrected chi connectivity index (χ1v) is 7.81. The first-order chi connectivity index (χ1) is 8.79. The fourth-order valence-corrected chi connectivity index (χ4v) is 3.73. The van der Waals surface area contributed by atoms with Crippen LogP contribution in [0.5, 0.6) is 0 Å². The largest absolute Gasteiger partial charge is 0.307 e. The summed E-state index contributed by atoms with van der Waals surface area (Å²) in [5.41, 5.74) is 2.30. The van der Waals surface area contributed by atoms with Crippen LogP contribution in [-0.4, -0.2) is 24.1 Å². The fourth-order valence-electron chi connectivity index (χ4n) is 2.62. The zero-order chi connectivity index (χ0) is 12.5. The van der Waals surface area contributed by atoms with Crippen molar-refractivity contribution in [1.82, 2.24) is 5.32 Å². The first-order valence-electron chi connectivity index (χ1n) is 6.83. The van der Waals surface area contributed by atoms with Crippen molar-refractivity contribution in [2.75, 3.05) is 12.3 Å². The highest BCUT2D eigenvalue weighted by Crippen LogP contribution is 2.36. The van der Waals surface area contributed by atoms with Gasteiger partial charge >= 0.3 is 0 Å². The van der Waals surface area contributed by atoms with Gasteiger partial charge in [-0.25, -0.2) is 0 Å². The maximum Gasteiger partial charge on any atom is 0.180 e. The molecule has 1 aromatic rings. The molecule has 0 radical (unpaired) electrons. The molecule has 0 amide bonds. The molecular formula is C15H19NOS. The van der Waals surface area contributed by atoms with Crippen LogP contribution in [0, 0.1) is 5.92 Å². The maximum atomic E-state index is 12.5. The lowest BCUT2D eigenvalue weighted by molar-refractivity contribution is 0.0932. The third-order valence-electron chi connectivity index (χ3n) is 3.78. The lowest BCUT2D eigenvalue weighted by Gasteiger charge is -2.16. The lowest BCUT2D eigenvalue weighted by Crippen LogP contribution is -2.38. The average Bonchev–Trinajstić information content (AvgIpc) is 3.12. The quantitative estimate of drug-likeness (QED) is 0.826. The van der Waals surface area contributed by atoms with Crippen LogP contribution in [0.2, 0.25) is 0 Å². The highest BCUT2D eigenvalue weighted by Gasteiger charge is 2.36. The maximum absolute atomic E-state index is 12.5. The predicted octanol–water partition coefficient (Wildman–Crippen LogP) is 2.91. The molecule has 2 aliphatic rings. The van der Waals surface area contributed by atoms with Gasteiger partial charge in [-0.1, -0.05) is 19.1 Å². The molecule has 18 heavy (non-hydrogen) atoms. The Morgan fingerprint density at radius 3 is 3.06 bits per heavy atom. The van der Waals surface area contributed by atoms with Crippen molar-refractivity contribution >= 4 is 17.5 Å². The van der Waals surface area contributed by atoms with Crippen LogP contribution < -0.4 is 5.32 Å². The molecule has 0 bridgehead atoms. The van der Waals surface area contributed by atoms with E-state index >= 15 is 0 Å². The van der Waals surface area contributed by atoms with Crippen LogP contribution in [0.3, 0.4) is 0 Å². The average molecular weight is 261 g/mol. The third kappa shape index (κ3) is 2.34. The Morgan fingerprint density at radius 2 is 2.33 bits per heavy atom. The molecule has 1 aliphatic heterocycles. The number of hydrogen-bond donors (Lipinski definition) is 1. The Labute approximate surface area is 113 Å². The Balaban J connectivity index is 1.82. The monoisotopic (exact) mass is 261 g/mol. The molecule has 96 valence electrons. The van der Waals surface area contributed by atoms with Crippen LogP contribution in [-0.2, 0) is 6.42 Å². The molecule has 0 aromatic heterocycles. The molecule has 1 aliphatic carbocycles. The van der Waals surface area contributed by atoms with Gasteiger partial charge in [-0.05, 0) is 43.4 Å². The number of carbonyl (C=O) groups is 1. The van der Waals surface area contributed by atoms with Crippen LogP contribution in [0.1, 0.15) is 35.7 Å². The number of aryl methyl sites for hydroxylation is 1. The molecule has 1 N–H and O–H groups in total.